The van der Waals surface area contributed by atoms with Gasteiger partial charge in [0.1, 0.15) is 0 Å². The summed E-state index contributed by atoms with van der Waals surface area (Å²) in [5, 5.41) is 3.82. The Morgan fingerprint density at radius 1 is 1.53 bits per heavy atom. The zero-order valence-corrected chi connectivity index (χ0v) is 11.9. The van der Waals surface area contributed by atoms with Crippen molar-refractivity contribution in [2.75, 3.05) is 25.0 Å². The van der Waals surface area contributed by atoms with E-state index >= 15 is 0 Å². The van der Waals surface area contributed by atoms with E-state index in [0.29, 0.717) is 16.6 Å². The Bertz CT molecular complexity index is 462. The molecule has 3 N–H and O–H groups in total. The molecule has 0 spiro atoms. The number of likely N-dealkylation sites (N-methyl/N-ethyl adjacent to an activating group) is 1. The second kappa shape index (κ2) is 6.26. The van der Waals surface area contributed by atoms with Crippen molar-refractivity contribution in [3.63, 3.8) is 0 Å². The van der Waals surface area contributed by atoms with Crippen LogP contribution in [0.1, 0.15) is 29.6 Å². The van der Waals surface area contributed by atoms with Gasteiger partial charge in [-0.05, 0) is 44.5 Å². The van der Waals surface area contributed by atoms with Gasteiger partial charge in [0.15, 0.2) is 0 Å². The summed E-state index contributed by atoms with van der Waals surface area (Å²) in [6.07, 6.45) is 3.59. The summed E-state index contributed by atoms with van der Waals surface area (Å²) in [6.45, 7) is 1.94. The molecule has 1 unspecified atom stereocenters. The van der Waals surface area contributed by atoms with E-state index < -0.39 is 5.91 Å². The molecule has 1 aliphatic heterocycles. The predicted octanol–water partition coefficient (Wildman–Crippen LogP) is 2.02. The number of halogens is 1. The number of primary amides is 1. The Morgan fingerprint density at radius 2 is 2.32 bits per heavy atom. The van der Waals surface area contributed by atoms with Crippen molar-refractivity contribution in [1.82, 2.24) is 5.32 Å². The largest absolute Gasteiger partial charge is 0.366 e. The van der Waals surface area contributed by atoms with Crippen molar-refractivity contribution in [3.8, 4) is 0 Å². The minimum absolute atomic E-state index is 0.445. The molecule has 4 nitrogen and oxygen atoms in total. The second-order valence-electron chi connectivity index (χ2n) is 4.93. The highest BCUT2D eigenvalue weighted by Gasteiger charge is 2.23. The number of carbonyl (C=O) groups is 1. The molecule has 0 aromatic heterocycles. The van der Waals surface area contributed by atoms with Gasteiger partial charge >= 0.3 is 0 Å². The standard InChI is InChI=1S/C14H20ClN3O/c1-17-9-11-4-2-3-7-18(11)13-6-5-10(14(16)19)8-12(13)15/h5-6,8,11,17H,2-4,7,9H2,1H3,(H2,16,19). The number of rotatable bonds is 4. The molecule has 1 saturated heterocycles. The number of hydrogen-bond donors (Lipinski definition) is 2. The number of nitrogens with zero attached hydrogens (tertiary/aromatic N) is 1. The molecule has 1 aromatic carbocycles. The lowest BCUT2D eigenvalue weighted by atomic mass is 10.0. The lowest BCUT2D eigenvalue weighted by Gasteiger charge is -2.38. The third-order valence-corrected chi connectivity index (χ3v) is 3.91. The van der Waals surface area contributed by atoms with Gasteiger partial charge in [-0.15, -0.1) is 0 Å². The summed E-state index contributed by atoms with van der Waals surface area (Å²) in [6, 6.07) is 5.76. The number of amides is 1. The van der Waals surface area contributed by atoms with Crippen molar-refractivity contribution >= 4 is 23.2 Å². The molecular weight excluding hydrogens is 262 g/mol. The minimum atomic E-state index is -0.445. The van der Waals surface area contributed by atoms with Crippen LogP contribution in [0.15, 0.2) is 18.2 Å². The van der Waals surface area contributed by atoms with Crippen LogP contribution in [-0.4, -0.2) is 32.1 Å². The maximum atomic E-state index is 11.1. The van der Waals surface area contributed by atoms with Crippen LogP contribution in [0.2, 0.25) is 5.02 Å². The topological polar surface area (TPSA) is 58.4 Å². The first-order valence-electron chi connectivity index (χ1n) is 6.64. The van der Waals surface area contributed by atoms with Gasteiger partial charge < -0.3 is 16.0 Å². The number of benzene rings is 1. The first-order chi connectivity index (χ1) is 9.13. The van der Waals surface area contributed by atoms with Crippen molar-refractivity contribution < 1.29 is 4.79 Å². The Morgan fingerprint density at radius 3 is 2.95 bits per heavy atom. The van der Waals surface area contributed by atoms with E-state index in [1.165, 1.54) is 12.8 Å². The maximum Gasteiger partial charge on any atom is 0.248 e. The normalized spacial score (nSPS) is 19.5. The molecule has 19 heavy (non-hydrogen) atoms. The van der Waals surface area contributed by atoms with Crippen molar-refractivity contribution in [2.45, 2.75) is 25.3 Å². The molecule has 1 aliphatic rings. The van der Waals surface area contributed by atoms with Crippen molar-refractivity contribution in [1.29, 1.82) is 0 Å². The van der Waals surface area contributed by atoms with Crippen LogP contribution in [0.4, 0.5) is 5.69 Å². The van der Waals surface area contributed by atoms with E-state index in [-0.39, 0.29) is 0 Å². The first kappa shape index (κ1) is 14.2. The second-order valence-corrected chi connectivity index (χ2v) is 5.34. The third-order valence-electron chi connectivity index (χ3n) is 3.61. The van der Waals surface area contributed by atoms with Crippen LogP contribution >= 0.6 is 11.6 Å². The maximum absolute atomic E-state index is 11.1. The summed E-state index contributed by atoms with van der Waals surface area (Å²) in [5.74, 6) is -0.445. The Balaban J connectivity index is 2.26. The molecule has 1 atom stereocenters. The lowest BCUT2D eigenvalue weighted by molar-refractivity contribution is 0.100. The summed E-state index contributed by atoms with van der Waals surface area (Å²) >= 11 is 6.30. The summed E-state index contributed by atoms with van der Waals surface area (Å²) in [4.78, 5) is 13.5. The van der Waals surface area contributed by atoms with Crippen LogP contribution in [0.25, 0.3) is 0 Å². The Hall–Kier alpha value is -1.26. The zero-order valence-electron chi connectivity index (χ0n) is 11.2. The molecule has 1 amide bonds. The molecule has 5 heteroatoms. The molecule has 1 heterocycles. The molecule has 0 radical (unpaired) electrons. The van der Waals surface area contributed by atoms with Crippen LogP contribution in [0.3, 0.4) is 0 Å². The van der Waals surface area contributed by atoms with Crippen molar-refractivity contribution in [2.24, 2.45) is 5.73 Å². The first-order valence-corrected chi connectivity index (χ1v) is 7.02. The average Bonchev–Trinajstić information content (AvgIpc) is 2.40. The van der Waals surface area contributed by atoms with Crippen LogP contribution < -0.4 is 16.0 Å². The fourth-order valence-corrected chi connectivity index (χ4v) is 2.95. The zero-order chi connectivity index (χ0) is 13.8. The smallest absolute Gasteiger partial charge is 0.248 e. The quantitative estimate of drug-likeness (QED) is 0.888. The predicted molar refractivity (Wildman–Crippen MR) is 78.9 cm³/mol. The number of hydrogen-bond acceptors (Lipinski definition) is 3. The van der Waals surface area contributed by atoms with Gasteiger partial charge in [0, 0.05) is 24.7 Å². The van der Waals surface area contributed by atoms with Gasteiger partial charge in [-0.25, -0.2) is 0 Å². The van der Waals surface area contributed by atoms with Gasteiger partial charge in [0.2, 0.25) is 5.91 Å². The highest BCUT2D eigenvalue weighted by molar-refractivity contribution is 6.33. The van der Waals surface area contributed by atoms with Gasteiger partial charge in [-0.2, -0.15) is 0 Å². The number of anilines is 1. The molecule has 0 saturated carbocycles. The number of nitrogens with one attached hydrogen (secondary N) is 1. The Kier molecular flexibility index (Phi) is 4.66. The molecule has 0 aliphatic carbocycles. The monoisotopic (exact) mass is 281 g/mol. The number of nitrogens with two attached hydrogens (primary N) is 1. The van der Waals surface area contributed by atoms with Crippen LogP contribution in [0, 0.1) is 0 Å². The van der Waals surface area contributed by atoms with E-state index in [9.17, 15) is 4.79 Å². The molecular formula is C14H20ClN3O. The van der Waals surface area contributed by atoms with Crippen LogP contribution in [-0.2, 0) is 0 Å². The minimum Gasteiger partial charge on any atom is -0.366 e. The average molecular weight is 282 g/mol. The van der Waals surface area contributed by atoms with E-state index in [2.05, 4.69) is 10.2 Å². The van der Waals surface area contributed by atoms with Gasteiger partial charge in [0.25, 0.3) is 0 Å². The molecule has 104 valence electrons. The number of piperidine rings is 1. The van der Waals surface area contributed by atoms with Gasteiger partial charge in [-0.1, -0.05) is 11.6 Å². The van der Waals surface area contributed by atoms with Gasteiger partial charge in [-0.3, -0.25) is 4.79 Å². The molecule has 1 fully saturated rings. The van der Waals surface area contributed by atoms with E-state index in [0.717, 1.165) is 25.2 Å². The SMILES string of the molecule is CNCC1CCCCN1c1ccc(C(N)=O)cc1Cl. The number of carbonyl (C=O) groups excluding carboxylic acids is 1. The van der Waals surface area contributed by atoms with Crippen molar-refractivity contribution in [3.05, 3.63) is 28.8 Å². The van der Waals surface area contributed by atoms with E-state index in [1.807, 2.05) is 13.1 Å². The molecule has 0 bridgehead atoms. The fourth-order valence-electron chi connectivity index (χ4n) is 2.66. The molecule has 2 rings (SSSR count). The van der Waals surface area contributed by atoms with E-state index in [4.69, 9.17) is 17.3 Å². The summed E-state index contributed by atoms with van der Waals surface area (Å²) in [7, 11) is 1.96. The third kappa shape index (κ3) is 3.19. The molecule has 1 aromatic rings. The Labute approximate surface area is 118 Å². The highest BCUT2D eigenvalue weighted by Crippen LogP contribution is 2.31. The van der Waals surface area contributed by atoms with Crippen LogP contribution in [0.5, 0.6) is 0 Å². The summed E-state index contributed by atoms with van der Waals surface area (Å²) < 4.78 is 0. The van der Waals surface area contributed by atoms with E-state index in [1.54, 1.807) is 12.1 Å². The lowest BCUT2D eigenvalue weighted by Crippen LogP contribution is -2.45. The highest BCUT2D eigenvalue weighted by atomic mass is 35.5. The van der Waals surface area contributed by atoms with Gasteiger partial charge in [0.05, 0.1) is 10.7 Å². The summed E-state index contributed by atoms with van der Waals surface area (Å²) in [5.41, 5.74) is 6.71. The fraction of sp³-hybridized carbons (Fsp3) is 0.500.